The number of hydrogen-bond donors (Lipinski definition) is 2. The fraction of sp³-hybridized carbons (Fsp3) is 0.0625. The lowest BCUT2D eigenvalue weighted by Gasteiger charge is -2.07. The lowest BCUT2D eigenvalue weighted by Crippen LogP contribution is -2.12. The second-order valence-electron chi connectivity index (χ2n) is 5.05. The van der Waals surface area contributed by atoms with E-state index < -0.39 is 15.9 Å². The second kappa shape index (κ2) is 5.44. The van der Waals surface area contributed by atoms with E-state index >= 15 is 0 Å². The van der Waals surface area contributed by atoms with Crippen LogP contribution in [0.3, 0.4) is 0 Å². The number of fused-ring (bicyclic) bond motifs is 1. The van der Waals surface area contributed by atoms with Crippen LogP contribution in [0.4, 0.5) is 5.69 Å². The minimum absolute atomic E-state index is 0.0329. The second-order valence-corrected chi connectivity index (χ2v) is 6.73. The zero-order valence-electron chi connectivity index (χ0n) is 12.2. The maximum atomic E-state index is 12.5. The van der Waals surface area contributed by atoms with Gasteiger partial charge in [0.1, 0.15) is 5.58 Å². The Morgan fingerprint density at radius 2 is 1.83 bits per heavy atom. The molecule has 0 spiro atoms. The first-order valence-corrected chi connectivity index (χ1v) is 8.27. The summed E-state index contributed by atoms with van der Waals surface area (Å²) < 4.78 is 32.8. The number of nitrogens with one attached hydrogen (secondary N) is 1. The lowest BCUT2D eigenvalue weighted by molar-refractivity contribution is 0.0975. The third-order valence-electron chi connectivity index (χ3n) is 3.47. The molecule has 3 aromatic rings. The highest BCUT2D eigenvalue weighted by atomic mass is 32.2. The number of carbonyl (C=O) groups excluding carboxylic acids is 1. The van der Waals surface area contributed by atoms with Gasteiger partial charge in [0.25, 0.3) is 15.9 Å². The Hall–Kier alpha value is -2.80. The molecule has 0 radical (unpaired) electrons. The van der Waals surface area contributed by atoms with Gasteiger partial charge in [0.2, 0.25) is 0 Å². The van der Waals surface area contributed by atoms with Gasteiger partial charge in [0.05, 0.1) is 4.90 Å². The van der Waals surface area contributed by atoms with Gasteiger partial charge in [0, 0.05) is 16.6 Å². The van der Waals surface area contributed by atoms with Crippen molar-refractivity contribution in [1.29, 1.82) is 0 Å². The van der Waals surface area contributed by atoms with Crippen molar-refractivity contribution in [3.8, 4) is 0 Å². The Bertz CT molecular complexity index is 992. The average Bonchev–Trinajstić information content (AvgIpc) is 2.85. The van der Waals surface area contributed by atoms with E-state index in [4.69, 9.17) is 10.2 Å². The zero-order chi connectivity index (χ0) is 16.6. The minimum atomic E-state index is -3.74. The highest BCUT2D eigenvalue weighted by molar-refractivity contribution is 7.92. The number of benzene rings is 2. The number of carbonyl (C=O) groups is 1. The standard InChI is InChI=1S/C16H14N2O4S/c1-10-13-9-12(7-8-14(13)22-15(10)16(17)19)23(20,21)18-11-5-3-2-4-6-11/h2-9,18H,1H3,(H2,17,19). The molecule has 2 aromatic carbocycles. The molecule has 0 aliphatic carbocycles. The van der Waals surface area contributed by atoms with E-state index in [2.05, 4.69) is 4.72 Å². The molecule has 0 saturated heterocycles. The number of amides is 1. The molecule has 0 aliphatic rings. The van der Waals surface area contributed by atoms with Crippen molar-refractivity contribution < 1.29 is 17.6 Å². The van der Waals surface area contributed by atoms with Gasteiger partial charge in [-0.1, -0.05) is 18.2 Å². The summed E-state index contributed by atoms with van der Waals surface area (Å²) >= 11 is 0. The number of para-hydroxylation sites is 1. The van der Waals surface area contributed by atoms with Crippen LogP contribution in [0.5, 0.6) is 0 Å². The number of aryl methyl sites for hydroxylation is 1. The molecule has 0 aliphatic heterocycles. The van der Waals surface area contributed by atoms with Crippen molar-refractivity contribution in [2.75, 3.05) is 4.72 Å². The van der Waals surface area contributed by atoms with E-state index in [-0.39, 0.29) is 10.7 Å². The maximum Gasteiger partial charge on any atom is 0.284 e. The molecule has 0 atom stereocenters. The van der Waals surface area contributed by atoms with Crippen molar-refractivity contribution in [3.05, 3.63) is 59.9 Å². The van der Waals surface area contributed by atoms with Gasteiger partial charge in [-0.2, -0.15) is 0 Å². The van der Waals surface area contributed by atoms with Gasteiger partial charge in [-0.15, -0.1) is 0 Å². The molecule has 0 saturated carbocycles. The normalized spacial score (nSPS) is 11.5. The van der Waals surface area contributed by atoms with Gasteiger partial charge in [-0.05, 0) is 37.3 Å². The highest BCUT2D eigenvalue weighted by Gasteiger charge is 2.19. The first-order valence-electron chi connectivity index (χ1n) is 6.79. The number of rotatable bonds is 4. The molecular formula is C16H14N2O4S. The lowest BCUT2D eigenvalue weighted by atomic mass is 10.1. The van der Waals surface area contributed by atoms with Crippen LogP contribution in [0.25, 0.3) is 11.0 Å². The van der Waals surface area contributed by atoms with Crippen molar-refractivity contribution in [2.24, 2.45) is 5.73 Å². The number of nitrogens with two attached hydrogens (primary N) is 1. The molecular weight excluding hydrogens is 316 g/mol. The van der Waals surface area contributed by atoms with Crippen LogP contribution in [0.2, 0.25) is 0 Å². The molecule has 23 heavy (non-hydrogen) atoms. The van der Waals surface area contributed by atoms with E-state index in [9.17, 15) is 13.2 Å². The van der Waals surface area contributed by atoms with Crippen molar-refractivity contribution in [3.63, 3.8) is 0 Å². The fourth-order valence-corrected chi connectivity index (χ4v) is 3.41. The van der Waals surface area contributed by atoms with Crippen molar-refractivity contribution >= 4 is 32.6 Å². The Labute approximate surface area is 133 Å². The summed E-state index contributed by atoms with van der Waals surface area (Å²) in [6.07, 6.45) is 0. The van der Waals surface area contributed by atoms with Crippen molar-refractivity contribution in [1.82, 2.24) is 0 Å². The molecule has 3 N–H and O–H groups in total. The third kappa shape index (κ3) is 2.78. The number of sulfonamides is 1. The minimum Gasteiger partial charge on any atom is -0.451 e. The summed E-state index contributed by atoms with van der Waals surface area (Å²) in [5.74, 6) is -0.656. The largest absolute Gasteiger partial charge is 0.451 e. The van der Waals surface area contributed by atoms with E-state index in [1.807, 2.05) is 0 Å². The summed E-state index contributed by atoms with van der Waals surface area (Å²) in [5, 5.41) is 0.537. The Balaban J connectivity index is 2.06. The molecule has 1 heterocycles. The number of primary amides is 1. The maximum absolute atomic E-state index is 12.5. The van der Waals surface area contributed by atoms with Crippen LogP contribution in [-0.2, 0) is 10.0 Å². The van der Waals surface area contributed by atoms with E-state index in [0.29, 0.717) is 22.2 Å². The fourth-order valence-electron chi connectivity index (χ4n) is 2.32. The third-order valence-corrected chi connectivity index (χ3v) is 4.85. The topological polar surface area (TPSA) is 102 Å². The number of hydrogen-bond acceptors (Lipinski definition) is 4. The quantitative estimate of drug-likeness (QED) is 0.767. The van der Waals surface area contributed by atoms with Crippen molar-refractivity contribution in [2.45, 2.75) is 11.8 Å². The van der Waals surface area contributed by atoms with Crippen LogP contribution in [-0.4, -0.2) is 14.3 Å². The number of furan rings is 1. The number of anilines is 1. The SMILES string of the molecule is Cc1c(C(N)=O)oc2ccc(S(=O)(=O)Nc3ccccc3)cc12. The van der Waals surface area contributed by atoms with E-state index in [0.717, 1.165) is 0 Å². The first kappa shape index (κ1) is 15.1. The van der Waals surface area contributed by atoms with Gasteiger partial charge in [-0.25, -0.2) is 8.42 Å². The Morgan fingerprint density at radius 1 is 1.13 bits per heavy atom. The molecule has 0 unspecified atom stereocenters. The highest BCUT2D eigenvalue weighted by Crippen LogP contribution is 2.28. The molecule has 1 amide bonds. The zero-order valence-corrected chi connectivity index (χ0v) is 13.1. The molecule has 118 valence electrons. The summed E-state index contributed by atoms with van der Waals surface area (Å²) in [6, 6.07) is 13.0. The Morgan fingerprint density at radius 3 is 2.48 bits per heavy atom. The Kier molecular flexibility index (Phi) is 3.57. The van der Waals surface area contributed by atoms with Crippen LogP contribution in [0.1, 0.15) is 16.1 Å². The first-order chi connectivity index (χ1) is 10.9. The molecule has 0 fully saturated rings. The van der Waals surface area contributed by atoms with Gasteiger partial charge >= 0.3 is 0 Å². The monoisotopic (exact) mass is 330 g/mol. The average molecular weight is 330 g/mol. The molecule has 0 bridgehead atoms. The van der Waals surface area contributed by atoms with Gasteiger partial charge < -0.3 is 10.2 Å². The summed E-state index contributed by atoms with van der Waals surface area (Å²) in [6.45, 7) is 1.66. The molecule has 6 nitrogen and oxygen atoms in total. The van der Waals surface area contributed by atoms with Crippen LogP contribution in [0, 0.1) is 6.92 Å². The summed E-state index contributed by atoms with van der Waals surface area (Å²) in [4.78, 5) is 11.4. The van der Waals surface area contributed by atoms with E-state index in [1.54, 1.807) is 37.3 Å². The smallest absolute Gasteiger partial charge is 0.284 e. The molecule has 1 aromatic heterocycles. The van der Waals surface area contributed by atoms with Gasteiger partial charge in [0.15, 0.2) is 5.76 Å². The van der Waals surface area contributed by atoms with Gasteiger partial charge in [-0.3, -0.25) is 9.52 Å². The molecule has 3 rings (SSSR count). The summed E-state index contributed by atoms with van der Waals surface area (Å²) in [7, 11) is -3.74. The predicted octanol–water partition coefficient (Wildman–Crippen LogP) is 2.64. The summed E-state index contributed by atoms with van der Waals surface area (Å²) in [5.41, 5.74) is 6.64. The van der Waals surface area contributed by atoms with E-state index in [1.165, 1.54) is 18.2 Å². The van der Waals surface area contributed by atoms with Crippen LogP contribution >= 0.6 is 0 Å². The molecule has 7 heteroatoms. The van der Waals surface area contributed by atoms with Crippen LogP contribution < -0.4 is 10.5 Å². The van der Waals surface area contributed by atoms with Crippen LogP contribution in [0.15, 0.2) is 57.8 Å². The predicted molar refractivity (Wildman–Crippen MR) is 86.7 cm³/mol.